The quantitative estimate of drug-likeness (QED) is 0.194. The molecule has 8 rings (SSSR count). The number of alkyl halides is 3. The Morgan fingerprint density at radius 1 is 0.946 bits per heavy atom. The summed E-state index contributed by atoms with van der Waals surface area (Å²) in [5.41, 5.74) is 2.67. The topological polar surface area (TPSA) is 162 Å². The van der Waals surface area contributed by atoms with Crippen molar-refractivity contribution < 1.29 is 61.2 Å². The fourth-order valence-corrected chi connectivity index (χ4v) is 8.54. The molecule has 3 aromatic rings. The zero-order valence-corrected chi connectivity index (χ0v) is 29.8. The van der Waals surface area contributed by atoms with Gasteiger partial charge in [0.05, 0.1) is 13.2 Å². The molecule has 1 spiro atoms. The number of aliphatic hydroxyl groups is 1. The number of hydrogen-bond acceptors (Lipinski definition) is 11. The van der Waals surface area contributed by atoms with Crippen molar-refractivity contribution in [1.29, 1.82) is 0 Å². The van der Waals surface area contributed by atoms with Crippen molar-refractivity contribution in [3.05, 3.63) is 112 Å². The smallest absolute Gasteiger partial charge is 0.422 e. The Morgan fingerprint density at radius 2 is 1.68 bits per heavy atom. The van der Waals surface area contributed by atoms with E-state index in [0.29, 0.717) is 35.1 Å². The first-order valence-electron chi connectivity index (χ1n) is 18.2. The predicted octanol–water partition coefficient (Wildman–Crippen LogP) is 2.92. The second kappa shape index (κ2) is 14.7. The molecular weight excluding hydrogens is 739 g/mol. The minimum absolute atomic E-state index is 0.0179. The van der Waals surface area contributed by atoms with Gasteiger partial charge in [0.2, 0.25) is 5.91 Å². The lowest BCUT2D eigenvalue weighted by Gasteiger charge is -2.48. The van der Waals surface area contributed by atoms with Crippen LogP contribution in [-0.2, 0) is 64.1 Å². The predicted molar refractivity (Wildman–Crippen MR) is 188 cm³/mol. The molecule has 294 valence electrons. The number of rotatable bonds is 11. The Morgan fingerprint density at radius 3 is 2.43 bits per heavy atom. The molecule has 3 aliphatic heterocycles. The van der Waals surface area contributed by atoms with Crippen LogP contribution in [0.2, 0.25) is 0 Å². The van der Waals surface area contributed by atoms with Gasteiger partial charge in [-0.2, -0.15) is 18.2 Å². The number of hydroxylamine groups is 2. The molecule has 1 saturated carbocycles. The number of benzene rings is 3. The second-order valence-corrected chi connectivity index (χ2v) is 14.6. The van der Waals surface area contributed by atoms with Gasteiger partial charge in [0.15, 0.2) is 18.4 Å². The van der Waals surface area contributed by atoms with Gasteiger partial charge in [-0.3, -0.25) is 19.2 Å². The highest BCUT2D eigenvalue weighted by Gasteiger charge is 2.76. The molecule has 3 heterocycles. The standard InChI is InChI=1S/C40H38F3N3O10/c41-40(42,43)22-52-30(48)12-11-23-5-3-7-25(15-23)21-46-33-36(50)53-29-19-39(33,37(51)45-20-24-6-4-10-26(16-24)35(49)44-13-14-47)34(56-46)32-31(29)54-38(55-32)17-27-8-1-2-9-28(27)18-38/h1-12,15-16,29,31-34,47H,13-14,17-22H2,(H,44,49)(H,45,51)/t29-,31+,32+,33+,34-,39+/m1/s1. The SMILES string of the molecule is O=C(C=Cc1cccc(CN2O[C@@H]3[C@H]4OC5(Cc6ccccc6C5)O[C@H]4[C@H]4C[C@]3(C(=O)NCc3cccc(C(=O)NCCO)c3)[C@@H]2C(=O)O4)c1)OCC(F)(F)F. The molecule has 13 nitrogen and oxygen atoms in total. The van der Waals surface area contributed by atoms with Crippen LogP contribution >= 0.6 is 0 Å². The molecule has 5 aliphatic rings. The first kappa shape index (κ1) is 37.8. The van der Waals surface area contributed by atoms with Crippen LogP contribution < -0.4 is 10.6 Å². The summed E-state index contributed by atoms with van der Waals surface area (Å²) in [6, 6.07) is 20.1. The molecule has 3 aromatic carbocycles. The van der Waals surface area contributed by atoms with Crippen molar-refractivity contribution in [2.75, 3.05) is 19.8 Å². The maximum Gasteiger partial charge on any atom is 0.422 e. The lowest BCUT2D eigenvalue weighted by Crippen LogP contribution is -2.69. The zero-order valence-electron chi connectivity index (χ0n) is 29.8. The highest BCUT2D eigenvalue weighted by atomic mass is 19.4. The first-order chi connectivity index (χ1) is 26.9. The van der Waals surface area contributed by atoms with E-state index >= 15 is 0 Å². The number of esters is 2. The number of carbonyl (C=O) groups is 4. The van der Waals surface area contributed by atoms with Gasteiger partial charge in [0.25, 0.3) is 5.91 Å². The van der Waals surface area contributed by atoms with E-state index in [0.717, 1.165) is 17.2 Å². The van der Waals surface area contributed by atoms with Gasteiger partial charge >= 0.3 is 18.1 Å². The van der Waals surface area contributed by atoms with Crippen LogP contribution in [0.1, 0.15) is 44.6 Å². The average molecular weight is 778 g/mol. The number of fused-ring (bicyclic) bond motifs is 5. The third kappa shape index (κ3) is 7.18. The van der Waals surface area contributed by atoms with Gasteiger partial charge in [-0.15, -0.1) is 0 Å². The summed E-state index contributed by atoms with van der Waals surface area (Å²) in [5.74, 6) is -3.75. The maximum absolute atomic E-state index is 14.7. The van der Waals surface area contributed by atoms with Gasteiger partial charge < -0.3 is 34.7 Å². The van der Waals surface area contributed by atoms with Gasteiger partial charge in [0.1, 0.15) is 29.8 Å². The molecule has 2 bridgehead atoms. The van der Waals surface area contributed by atoms with E-state index < -0.39 is 72.3 Å². The molecule has 0 radical (unpaired) electrons. The van der Waals surface area contributed by atoms with Gasteiger partial charge in [-0.1, -0.05) is 60.7 Å². The number of ether oxygens (including phenoxy) is 4. The van der Waals surface area contributed by atoms with E-state index in [9.17, 15) is 32.3 Å². The van der Waals surface area contributed by atoms with Gasteiger partial charge in [0, 0.05) is 44.0 Å². The van der Waals surface area contributed by atoms with E-state index in [-0.39, 0.29) is 38.6 Å². The van der Waals surface area contributed by atoms with E-state index in [4.69, 9.17) is 24.2 Å². The largest absolute Gasteiger partial charge is 0.458 e. The lowest BCUT2D eigenvalue weighted by atomic mass is 9.62. The van der Waals surface area contributed by atoms with Crippen molar-refractivity contribution in [1.82, 2.24) is 15.7 Å². The molecule has 3 saturated heterocycles. The Kier molecular flexibility index (Phi) is 9.95. The molecule has 3 N–H and O–H groups in total. The van der Waals surface area contributed by atoms with E-state index in [2.05, 4.69) is 15.4 Å². The molecule has 0 aromatic heterocycles. The normalized spacial score (nSPS) is 27.1. The van der Waals surface area contributed by atoms with Gasteiger partial charge in [-0.05, 0) is 46.0 Å². The van der Waals surface area contributed by atoms with Crippen LogP contribution in [0.5, 0.6) is 0 Å². The van der Waals surface area contributed by atoms with E-state index in [1.165, 1.54) is 11.1 Å². The number of nitrogens with zero attached hydrogens (tertiary/aromatic N) is 1. The highest BCUT2D eigenvalue weighted by molar-refractivity contribution is 5.95. The number of nitrogens with one attached hydrogen (secondary N) is 2. The summed E-state index contributed by atoms with van der Waals surface area (Å²) in [7, 11) is 0. The van der Waals surface area contributed by atoms with Crippen LogP contribution in [0, 0.1) is 5.41 Å². The van der Waals surface area contributed by atoms with Crippen molar-refractivity contribution >= 4 is 29.8 Å². The molecule has 2 amide bonds. The van der Waals surface area contributed by atoms with Crippen LogP contribution in [0.25, 0.3) is 6.08 Å². The zero-order chi connectivity index (χ0) is 39.2. The van der Waals surface area contributed by atoms with E-state index in [1.54, 1.807) is 48.5 Å². The molecule has 2 aliphatic carbocycles. The Hall–Kier alpha value is -5.13. The minimum atomic E-state index is -4.66. The lowest BCUT2D eigenvalue weighted by molar-refractivity contribution is -0.217. The van der Waals surface area contributed by atoms with Crippen LogP contribution in [0.15, 0.2) is 78.9 Å². The number of amides is 2. The van der Waals surface area contributed by atoms with Crippen LogP contribution in [0.3, 0.4) is 0 Å². The number of hydrogen-bond donors (Lipinski definition) is 3. The van der Waals surface area contributed by atoms with Gasteiger partial charge in [-0.25, -0.2) is 4.79 Å². The van der Waals surface area contributed by atoms with Crippen molar-refractivity contribution in [3.63, 3.8) is 0 Å². The number of carbonyl (C=O) groups excluding carboxylic acids is 4. The van der Waals surface area contributed by atoms with Crippen molar-refractivity contribution in [2.45, 2.75) is 74.8 Å². The maximum atomic E-state index is 14.7. The Bertz CT molecular complexity index is 2050. The fourth-order valence-electron chi connectivity index (χ4n) is 8.54. The van der Waals surface area contributed by atoms with Crippen molar-refractivity contribution in [2.24, 2.45) is 5.41 Å². The minimum Gasteiger partial charge on any atom is -0.458 e. The number of halogens is 3. The second-order valence-electron chi connectivity index (χ2n) is 14.6. The molecule has 6 atom stereocenters. The van der Waals surface area contributed by atoms with Crippen molar-refractivity contribution in [3.8, 4) is 0 Å². The highest BCUT2D eigenvalue weighted by Crippen LogP contribution is 2.58. The summed E-state index contributed by atoms with van der Waals surface area (Å²) in [6.07, 6.45) is -4.79. The summed E-state index contributed by atoms with van der Waals surface area (Å²) in [4.78, 5) is 59.9. The summed E-state index contributed by atoms with van der Waals surface area (Å²) < 4.78 is 61.2. The molecule has 16 heteroatoms. The number of aliphatic hydroxyl groups excluding tert-OH is 1. The first-order valence-corrected chi connectivity index (χ1v) is 18.2. The summed E-state index contributed by atoms with van der Waals surface area (Å²) in [6.45, 7) is -1.84. The third-order valence-electron chi connectivity index (χ3n) is 10.8. The monoisotopic (exact) mass is 777 g/mol. The molecule has 4 fully saturated rings. The molecule has 56 heavy (non-hydrogen) atoms. The third-order valence-corrected chi connectivity index (χ3v) is 10.8. The fraction of sp³-hybridized carbons (Fsp3) is 0.400. The van der Waals surface area contributed by atoms with Crippen LogP contribution in [0.4, 0.5) is 13.2 Å². The molecular formula is C40H38F3N3O10. The van der Waals surface area contributed by atoms with Crippen LogP contribution in [-0.4, -0.2) is 96.1 Å². The van der Waals surface area contributed by atoms with E-state index in [1.807, 2.05) is 24.3 Å². The molecule has 0 unspecified atom stereocenters. The average Bonchev–Trinajstić information content (AvgIpc) is 3.85. The Balaban J connectivity index is 1.07. The Labute approximate surface area is 318 Å². The summed E-state index contributed by atoms with van der Waals surface area (Å²) >= 11 is 0. The summed E-state index contributed by atoms with van der Waals surface area (Å²) in [5, 5.41) is 16.1.